The van der Waals surface area contributed by atoms with Gasteiger partial charge in [0.15, 0.2) is 12.0 Å². The molecule has 2 aliphatic rings. The molecule has 0 aromatic rings. The molecular weight excluding hydrogens is 318 g/mol. The first-order valence-electron chi connectivity index (χ1n) is 8.31. The number of rotatable bonds is 8. The number of hydrogen-bond donors (Lipinski definition) is 0. The summed E-state index contributed by atoms with van der Waals surface area (Å²) in [5.74, 6) is 0.130. The van der Waals surface area contributed by atoms with Crippen molar-refractivity contribution in [3.63, 3.8) is 0 Å². The van der Waals surface area contributed by atoms with Crippen LogP contribution in [0.1, 0.15) is 0 Å². The summed E-state index contributed by atoms with van der Waals surface area (Å²) in [4.78, 5) is 14.0. The number of fused-ring (bicyclic) bond motifs is 1. The number of hydrazone groups is 1. The molecular formula is C18H28N3O2Si+. The van der Waals surface area contributed by atoms with E-state index >= 15 is 0 Å². The molecule has 0 radical (unpaired) electrons. The number of hydrogen-bond acceptors (Lipinski definition) is 4. The molecule has 0 bridgehead atoms. The second-order valence-electron chi connectivity index (χ2n) is 7.59. The molecule has 0 aromatic heterocycles. The summed E-state index contributed by atoms with van der Waals surface area (Å²) in [6, 6.07) is 1.15. The SMILES string of the molecule is CN(C)/C=C/C(=O)C1=CC2=N[N+](COCC[Si](C)(C)C)=CC2C=C1. The van der Waals surface area contributed by atoms with Crippen LogP contribution in [0.5, 0.6) is 0 Å². The van der Waals surface area contributed by atoms with E-state index in [0.29, 0.717) is 12.3 Å². The lowest BCUT2D eigenvalue weighted by Crippen LogP contribution is -2.22. The molecule has 0 saturated heterocycles. The van der Waals surface area contributed by atoms with Gasteiger partial charge >= 0.3 is 0 Å². The summed E-state index contributed by atoms with van der Waals surface area (Å²) in [7, 11) is 2.72. The number of carbonyl (C=O) groups excluding carboxylic acids is 1. The van der Waals surface area contributed by atoms with E-state index in [2.05, 4.69) is 24.7 Å². The highest BCUT2D eigenvalue weighted by atomic mass is 28.3. The van der Waals surface area contributed by atoms with E-state index in [0.717, 1.165) is 18.4 Å². The summed E-state index contributed by atoms with van der Waals surface area (Å²) in [6.07, 6.45) is 11.1. The van der Waals surface area contributed by atoms with Gasteiger partial charge in [-0.25, -0.2) is 0 Å². The molecule has 0 amide bonds. The van der Waals surface area contributed by atoms with Crippen molar-refractivity contribution in [2.45, 2.75) is 25.7 Å². The molecule has 0 spiro atoms. The molecule has 1 atom stereocenters. The van der Waals surface area contributed by atoms with Crippen LogP contribution in [-0.2, 0) is 9.53 Å². The molecule has 0 fully saturated rings. The van der Waals surface area contributed by atoms with E-state index < -0.39 is 8.07 Å². The normalized spacial score (nSPS) is 19.9. The smallest absolute Gasteiger partial charge is 0.278 e. The predicted octanol–water partition coefficient (Wildman–Crippen LogP) is 2.51. The zero-order chi connectivity index (χ0) is 17.7. The molecule has 6 heteroatoms. The fourth-order valence-corrected chi connectivity index (χ4v) is 3.03. The summed E-state index contributed by atoms with van der Waals surface area (Å²) < 4.78 is 7.56. The topological polar surface area (TPSA) is 44.9 Å². The van der Waals surface area contributed by atoms with Crippen molar-refractivity contribution in [2.75, 3.05) is 27.4 Å². The fraction of sp³-hybridized carbons (Fsp3) is 0.500. The standard InChI is InChI=1S/C18H28N3O2Si/c1-20(2)9-8-18(22)15-6-7-16-13-21(19-17(16)12-15)14-23-10-11-24(3,4)5/h6-9,12-13,16H,10-11,14H2,1-5H3/q+1/b9-8+. The van der Waals surface area contributed by atoms with Crippen molar-refractivity contribution in [2.24, 2.45) is 11.0 Å². The molecule has 1 aliphatic heterocycles. The highest BCUT2D eigenvalue weighted by molar-refractivity contribution is 6.76. The maximum Gasteiger partial charge on any atom is 0.278 e. The number of ether oxygens (including phenoxy) is 1. The van der Waals surface area contributed by atoms with Gasteiger partial charge in [-0.2, -0.15) is 0 Å². The summed E-state index contributed by atoms with van der Waals surface area (Å²) in [5.41, 5.74) is 1.56. The first-order valence-corrected chi connectivity index (χ1v) is 12.0. The van der Waals surface area contributed by atoms with E-state index in [-0.39, 0.29) is 11.7 Å². The minimum Gasteiger partial charge on any atom is -0.383 e. The van der Waals surface area contributed by atoms with Gasteiger partial charge in [0.05, 0.1) is 6.61 Å². The van der Waals surface area contributed by atoms with Gasteiger partial charge in [0, 0.05) is 40.0 Å². The quantitative estimate of drug-likeness (QED) is 0.294. The summed E-state index contributed by atoms with van der Waals surface area (Å²) in [5, 5.41) is 4.54. The number of ketones is 1. The van der Waals surface area contributed by atoms with Crippen molar-refractivity contribution in [1.82, 2.24) is 4.90 Å². The zero-order valence-corrected chi connectivity index (χ0v) is 16.3. The van der Waals surface area contributed by atoms with Crippen LogP contribution < -0.4 is 0 Å². The highest BCUT2D eigenvalue weighted by Crippen LogP contribution is 2.18. The van der Waals surface area contributed by atoms with Gasteiger partial charge in [0.2, 0.25) is 0 Å². The number of allylic oxidation sites excluding steroid dienone is 5. The molecule has 2 rings (SSSR count). The first kappa shape index (κ1) is 18.5. The van der Waals surface area contributed by atoms with Crippen molar-refractivity contribution in [3.8, 4) is 0 Å². The van der Waals surface area contributed by atoms with Gasteiger partial charge < -0.3 is 9.64 Å². The van der Waals surface area contributed by atoms with Crippen molar-refractivity contribution < 1.29 is 14.2 Å². The molecule has 24 heavy (non-hydrogen) atoms. The third-order valence-corrected chi connectivity index (χ3v) is 5.44. The molecule has 0 saturated carbocycles. The van der Waals surface area contributed by atoms with Crippen LogP contribution in [0, 0.1) is 5.92 Å². The van der Waals surface area contributed by atoms with Crippen molar-refractivity contribution in [3.05, 3.63) is 36.1 Å². The highest BCUT2D eigenvalue weighted by Gasteiger charge is 2.28. The lowest BCUT2D eigenvalue weighted by Gasteiger charge is -2.14. The van der Waals surface area contributed by atoms with Crippen LogP contribution in [0.3, 0.4) is 0 Å². The molecule has 1 aliphatic carbocycles. The van der Waals surface area contributed by atoms with Crippen LogP contribution in [0.2, 0.25) is 25.7 Å². The molecule has 0 aromatic carbocycles. The average Bonchev–Trinajstić information content (AvgIpc) is 2.90. The van der Waals surface area contributed by atoms with Crippen LogP contribution in [-0.4, -0.2) is 62.8 Å². The Kier molecular flexibility index (Phi) is 6.07. The maximum atomic E-state index is 12.1. The lowest BCUT2D eigenvalue weighted by atomic mass is 9.94. The zero-order valence-electron chi connectivity index (χ0n) is 15.3. The minimum absolute atomic E-state index is 0.00839. The monoisotopic (exact) mass is 346 g/mol. The van der Waals surface area contributed by atoms with E-state index in [9.17, 15) is 4.79 Å². The van der Waals surface area contributed by atoms with Gasteiger partial charge in [0.25, 0.3) is 6.73 Å². The Balaban J connectivity index is 1.91. The van der Waals surface area contributed by atoms with Crippen LogP contribution in [0.4, 0.5) is 0 Å². The Labute approximate surface area is 145 Å². The largest absolute Gasteiger partial charge is 0.383 e. The third-order valence-electron chi connectivity index (χ3n) is 3.73. The fourth-order valence-electron chi connectivity index (χ4n) is 2.27. The Morgan fingerprint density at radius 1 is 1.42 bits per heavy atom. The van der Waals surface area contributed by atoms with Crippen molar-refractivity contribution >= 4 is 25.8 Å². The van der Waals surface area contributed by atoms with E-state index in [1.807, 2.05) is 48.1 Å². The first-order chi connectivity index (χ1) is 11.2. The van der Waals surface area contributed by atoms with Gasteiger partial charge in [-0.3, -0.25) is 4.79 Å². The lowest BCUT2D eigenvalue weighted by molar-refractivity contribution is -0.567. The van der Waals surface area contributed by atoms with Crippen LogP contribution in [0.15, 0.2) is 41.2 Å². The van der Waals surface area contributed by atoms with Crippen LogP contribution >= 0.6 is 0 Å². The van der Waals surface area contributed by atoms with Crippen LogP contribution in [0.25, 0.3) is 0 Å². The Bertz CT molecular complexity index is 637. The van der Waals surface area contributed by atoms with Crippen molar-refractivity contribution in [1.29, 1.82) is 0 Å². The number of nitrogens with zero attached hydrogens (tertiary/aromatic N) is 3. The maximum absolute atomic E-state index is 12.1. The van der Waals surface area contributed by atoms with E-state index in [4.69, 9.17) is 4.74 Å². The molecule has 1 heterocycles. The van der Waals surface area contributed by atoms with E-state index in [1.54, 1.807) is 12.3 Å². The summed E-state index contributed by atoms with van der Waals surface area (Å²) in [6.45, 7) is 8.26. The Morgan fingerprint density at radius 2 is 2.17 bits per heavy atom. The number of carbonyl (C=O) groups is 1. The Morgan fingerprint density at radius 3 is 2.83 bits per heavy atom. The summed E-state index contributed by atoms with van der Waals surface area (Å²) >= 11 is 0. The molecule has 0 N–H and O–H groups in total. The van der Waals surface area contributed by atoms with Gasteiger partial charge in [-0.05, 0) is 17.2 Å². The second-order valence-corrected chi connectivity index (χ2v) is 13.2. The third kappa shape index (κ3) is 5.69. The van der Waals surface area contributed by atoms with E-state index in [1.165, 1.54) is 0 Å². The Hall–Kier alpha value is -1.79. The van der Waals surface area contributed by atoms with Gasteiger partial charge in [-0.15, -0.1) is 0 Å². The second kappa shape index (κ2) is 7.85. The van der Waals surface area contributed by atoms with Gasteiger partial charge in [0.1, 0.15) is 11.6 Å². The molecule has 1 unspecified atom stereocenters. The predicted molar refractivity (Wildman–Crippen MR) is 101 cm³/mol. The molecule has 130 valence electrons. The molecule has 5 nitrogen and oxygen atoms in total. The minimum atomic E-state index is -1.06. The average molecular weight is 347 g/mol. The van der Waals surface area contributed by atoms with Gasteiger partial charge in [-0.1, -0.05) is 36.5 Å².